The molecule has 2 aromatic rings. The molecule has 0 saturated carbocycles. The Kier molecular flexibility index (Phi) is 4.90. The summed E-state index contributed by atoms with van der Waals surface area (Å²) in [7, 11) is -3.93. The number of ether oxygens (including phenoxy) is 1. The third kappa shape index (κ3) is 4.61. The number of thiazole rings is 1. The van der Waals surface area contributed by atoms with E-state index < -0.39 is 16.6 Å². The lowest BCUT2D eigenvalue weighted by Crippen LogP contribution is -2.15. The summed E-state index contributed by atoms with van der Waals surface area (Å²) in [5.41, 5.74) is 0.556. The fourth-order valence-corrected chi connectivity index (χ4v) is 3.88. The lowest BCUT2D eigenvalue weighted by atomic mass is 9.93. The number of alkyl halides is 2. The van der Waals surface area contributed by atoms with Crippen molar-refractivity contribution in [3.8, 4) is 5.75 Å². The summed E-state index contributed by atoms with van der Waals surface area (Å²) >= 11 is 1.16. The van der Waals surface area contributed by atoms with E-state index in [4.69, 9.17) is 0 Å². The Morgan fingerprint density at radius 1 is 1.30 bits per heavy atom. The molecule has 1 aromatic heterocycles. The van der Waals surface area contributed by atoms with Crippen LogP contribution in [-0.4, -0.2) is 20.0 Å². The maximum atomic E-state index is 12.3. The van der Waals surface area contributed by atoms with E-state index in [1.807, 2.05) is 20.8 Å². The van der Waals surface area contributed by atoms with Crippen LogP contribution in [0.15, 0.2) is 34.5 Å². The first-order valence-electron chi connectivity index (χ1n) is 6.61. The summed E-state index contributed by atoms with van der Waals surface area (Å²) in [6, 6.07) is 4.91. The van der Waals surface area contributed by atoms with Crippen molar-refractivity contribution in [1.29, 1.82) is 0 Å². The third-order valence-corrected chi connectivity index (χ3v) is 5.06. The highest BCUT2D eigenvalue weighted by Gasteiger charge is 2.21. The minimum atomic E-state index is -3.93. The molecule has 23 heavy (non-hydrogen) atoms. The quantitative estimate of drug-likeness (QED) is 0.877. The molecule has 0 bridgehead atoms. The number of anilines is 1. The molecule has 126 valence electrons. The summed E-state index contributed by atoms with van der Waals surface area (Å²) in [5.74, 6) is -0.225. The highest BCUT2D eigenvalue weighted by atomic mass is 32.2. The number of nitrogens with one attached hydrogen (secondary N) is 1. The minimum absolute atomic E-state index is 0.178. The molecule has 0 fully saturated rings. The first-order valence-corrected chi connectivity index (χ1v) is 8.98. The van der Waals surface area contributed by atoms with Crippen molar-refractivity contribution >= 4 is 26.5 Å². The number of benzene rings is 1. The van der Waals surface area contributed by atoms with Crippen LogP contribution in [0.1, 0.15) is 26.5 Å². The maximum Gasteiger partial charge on any atom is 0.387 e. The molecular weight excluding hydrogens is 346 g/mol. The number of hydrogen-bond donors (Lipinski definition) is 1. The van der Waals surface area contributed by atoms with E-state index in [0.717, 1.165) is 23.1 Å². The number of nitrogens with zero attached hydrogens (tertiary/aromatic N) is 1. The smallest absolute Gasteiger partial charge is 0.387 e. The van der Waals surface area contributed by atoms with Crippen LogP contribution in [0.25, 0.3) is 0 Å². The van der Waals surface area contributed by atoms with Crippen LogP contribution in [0.3, 0.4) is 0 Å². The molecule has 0 unspecified atom stereocenters. The first-order chi connectivity index (χ1) is 10.6. The Balaban J connectivity index is 2.23. The Bertz CT molecular complexity index is 783. The van der Waals surface area contributed by atoms with Crippen LogP contribution in [0.4, 0.5) is 13.9 Å². The van der Waals surface area contributed by atoms with E-state index in [2.05, 4.69) is 14.4 Å². The summed E-state index contributed by atoms with van der Waals surface area (Å²) in [6.07, 6.45) is 0. The molecule has 0 aliphatic rings. The Morgan fingerprint density at radius 3 is 2.57 bits per heavy atom. The molecule has 0 aliphatic heterocycles. The minimum Gasteiger partial charge on any atom is -0.435 e. The summed E-state index contributed by atoms with van der Waals surface area (Å²) in [5, 5.41) is 1.99. The zero-order valence-corrected chi connectivity index (χ0v) is 14.3. The van der Waals surface area contributed by atoms with Gasteiger partial charge in [0.1, 0.15) is 5.75 Å². The van der Waals surface area contributed by atoms with Crippen LogP contribution in [0.2, 0.25) is 0 Å². The highest BCUT2D eigenvalue weighted by molar-refractivity contribution is 7.93. The molecule has 9 heteroatoms. The second-order valence-corrected chi connectivity index (χ2v) is 8.29. The predicted molar refractivity (Wildman–Crippen MR) is 84.7 cm³/mol. The SMILES string of the molecule is CC(C)(C)c1csc(NS(=O)(=O)c2cccc(OC(F)F)c2)n1. The van der Waals surface area contributed by atoms with Crippen LogP contribution in [-0.2, 0) is 15.4 Å². The molecule has 0 amide bonds. The van der Waals surface area contributed by atoms with Crippen molar-refractivity contribution in [2.45, 2.75) is 37.7 Å². The van der Waals surface area contributed by atoms with Crippen molar-refractivity contribution in [1.82, 2.24) is 4.98 Å². The van der Waals surface area contributed by atoms with Gasteiger partial charge in [0, 0.05) is 16.9 Å². The van der Waals surface area contributed by atoms with E-state index in [0.29, 0.717) is 0 Å². The lowest BCUT2D eigenvalue weighted by molar-refractivity contribution is -0.0499. The predicted octanol–water partition coefficient (Wildman–Crippen LogP) is 3.84. The Labute approximate surface area is 137 Å². The lowest BCUT2D eigenvalue weighted by Gasteiger charge is -2.14. The number of sulfonamides is 1. The van der Waals surface area contributed by atoms with E-state index in [1.165, 1.54) is 18.2 Å². The van der Waals surface area contributed by atoms with Crippen molar-refractivity contribution in [2.24, 2.45) is 0 Å². The fourth-order valence-electron chi connectivity index (χ4n) is 1.66. The standard InChI is InChI=1S/C14H16F2N2O3S2/c1-14(2,3)11-8-22-13(17-11)18-23(19,20)10-6-4-5-9(7-10)21-12(15)16/h4-8,12H,1-3H3,(H,17,18). The second-order valence-electron chi connectivity index (χ2n) is 5.75. The third-order valence-electron chi connectivity index (χ3n) is 2.84. The molecule has 5 nitrogen and oxygen atoms in total. The van der Waals surface area contributed by atoms with Gasteiger partial charge in [-0.1, -0.05) is 26.8 Å². The Morgan fingerprint density at radius 2 is 2.00 bits per heavy atom. The van der Waals surface area contributed by atoms with Gasteiger partial charge in [-0.2, -0.15) is 8.78 Å². The summed E-state index contributed by atoms with van der Waals surface area (Å²) in [6.45, 7) is 2.87. The van der Waals surface area contributed by atoms with Crippen LogP contribution < -0.4 is 9.46 Å². The van der Waals surface area contributed by atoms with Crippen LogP contribution in [0, 0.1) is 0 Å². The molecular formula is C14H16F2N2O3S2. The van der Waals surface area contributed by atoms with Gasteiger partial charge in [0.15, 0.2) is 5.13 Å². The Hall–Kier alpha value is -1.74. The van der Waals surface area contributed by atoms with Gasteiger partial charge < -0.3 is 4.74 Å². The van der Waals surface area contributed by atoms with Gasteiger partial charge in [-0.15, -0.1) is 11.3 Å². The molecule has 2 rings (SSSR count). The van der Waals surface area contributed by atoms with E-state index in [1.54, 1.807) is 5.38 Å². The summed E-state index contributed by atoms with van der Waals surface area (Å²) in [4.78, 5) is 4.06. The molecule has 0 spiro atoms. The highest BCUT2D eigenvalue weighted by Crippen LogP contribution is 2.28. The van der Waals surface area contributed by atoms with Gasteiger partial charge in [-0.3, -0.25) is 4.72 Å². The molecule has 0 atom stereocenters. The van der Waals surface area contributed by atoms with Crippen LogP contribution in [0.5, 0.6) is 5.75 Å². The van der Waals surface area contributed by atoms with E-state index in [9.17, 15) is 17.2 Å². The van der Waals surface area contributed by atoms with Gasteiger partial charge in [-0.05, 0) is 12.1 Å². The molecule has 0 saturated heterocycles. The zero-order chi connectivity index (χ0) is 17.3. The van der Waals surface area contributed by atoms with Crippen molar-refractivity contribution in [3.05, 3.63) is 35.3 Å². The van der Waals surface area contributed by atoms with E-state index >= 15 is 0 Å². The van der Waals surface area contributed by atoms with Gasteiger partial charge in [0.25, 0.3) is 10.0 Å². The van der Waals surface area contributed by atoms with E-state index in [-0.39, 0.29) is 21.2 Å². The fraction of sp³-hybridized carbons (Fsp3) is 0.357. The topological polar surface area (TPSA) is 68.3 Å². The largest absolute Gasteiger partial charge is 0.435 e. The van der Waals surface area contributed by atoms with Gasteiger partial charge in [0.2, 0.25) is 0 Å². The van der Waals surface area contributed by atoms with Crippen molar-refractivity contribution in [2.75, 3.05) is 4.72 Å². The number of halogens is 2. The van der Waals surface area contributed by atoms with Gasteiger partial charge in [-0.25, -0.2) is 13.4 Å². The average molecular weight is 362 g/mol. The first kappa shape index (κ1) is 17.6. The molecule has 1 N–H and O–H groups in total. The molecule has 0 aliphatic carbocycles. The molecule has 1 aromatic carbocycles. The average Bonchev–Trinajstić information content (AvgIpc) is 2.86. The van der Waals surface area contributed by atoms with Crippen molar-refractivity contribution < 1.29 is 21.9 Å². The normalized spacial score (nSPS) is 12.4. The van der Waals surface area contributed by atoms with Gasteiger partial charge >= 0.3 is 6.61 Å². The van der Waals surface area contributed by atoms with Crippen molar-refractivity contribution in [3.63, 3.8) is 0 Å². The second kappa shape index (κ2) is 6.40. The number of aromatic nitrogens is 1. The van der Waals surface area contributed by atoms with Crippen LogP contribution >= 0.6 is 11.3 Å². The number of rotatable bonds is 5. The summed E-state index contributed by atoms with van der Waals surface area (Å²) < 4.78 is 55.6. The monoisotopic (exact) mass is 362 g/mol. The number of hydrogen-bond acceptors (Lipinski definition) is 5. The maximum absolute atomic E-state index is 12.3. The molecule has 0 radical (unpaired) electrons. The van der Waals surface area contributed by atoms with Gasteiger partial charge in [0.05, 0.1) is 10.6 Å². The zero-order valence-electron chi connectivity index (χ0n) is 12.7. The molecule has 1 heterocycles.